The number of pyridine rings is 1. The molecule has 2 aliphatic rings. The van der Waals surface area contributed by atoms with Crippen LogP contribution >= 0.6 is 0 Å². The molecule has 4 nitrogen and oxygen atoms in total. The van der Waals surface area contributed by atoms with Gasteiger partial charge in [-0.3, -0.25) is 4.79 Å². The van der Waals surface area contributed by atoms with Crippen molar-refractivity contribution in [3.05, 3.63) is 71.3 Å². The molecule has 4 heteroatoms. The summed E-state index contributed by atoms with van der Waals surface area (Å²) in [7, 11) is 0. The summed E-state index contributed by atoms with van der Waals surface area (Å²) in [5.41, 5.74) is 4.25. The molecule has 1 fully saturated rings. The first kappa shape index (κ1) is 19.1. The molecule has 30 heavy (non-hydrogen) atoms. The molecule has 5 rings (SSSR count). The number of hydrogen-bond acceptors (Lipinski definition) is 3. The number of anilines is 1. The Balaban J connectivity index is 1.49. The average Bonchev–Trinajstić information content (AvgIpc) is 2.78. The Morgan fingerprint density at radius 2 is 1.90 bits per heavy atom. The summed E-state index contributed by atoms with van der Waals surface area (Å²) in [5, 5.41) is 4.26. The molecule has 0 saturated carbocycles. The van der Waals surface area contributed by atoms with E-state index in [0.29, 0.717) is 5.92 Å². The second kappa shape index (κ2) is 8.10. The van der Waals surface area contributed by atoms with E-state index < -0.39 is 0 Å². The Kier molecular flexibility index (Phi) is 5.16. The third-order valence-electron chi connectivity index (χ3n) is 6.60. The number of carbonyl (C=O) groups is 1. The van der Waals surface area contributed by atoms with Crippen molar-refractivity contribution in [3.8, 4) is 0 Å². The van der Waals surface area contributed by atoms with Gasteiger partial charge in [0.15, 0.2) is 0 Å². The van der Waals surface area contributed by atoms with Crippen LogP contribution in [0, 0.1) is 5.92 Å². The van der Waals surface area contributed by atoms with Gasteiger partial charge in [0.25, 0.3) is 5.91 Å². The van der Waals surface area contributed by atoms with Gasteiger partial charge in [-0.2, -0.15) is 0 Å². The minimum absolute atomic E-state index is 0.00149. The lowest BCUT2D eigenvalue weighted by Gasteiger charge is -2.32. The molecule has 1 N–H and O–H groups in total. The van der Waals surface area contributed by atoms with Gasteiger partial charge in [0.05, 0.1) is 17.1 Å². The normalized spacial score (nSPS) is 21.3. The molecule has 1 aromatic heterocycles. The third-order valence-corrected chi connectivity index (χ3v) is 6.60. The van der Waals surface area contributed by atoms with Crippen LogP contribution in [0.3, 0.4) is 0 Å². The van der Waals surface area contributed by atoms with Crippen LogP contribution in [0.2, 0.25) is 0 Å². The van der Waals surface area contributed by atoms with Crippen LogP contribution < -0.4 is 10.2 Å². The highest BCUT2D eigenvalue weighted by molar-refractivity contribution is 6.07. The summed E-state index contributed by atoms with van der Waals surface area (Å²) in [6, 6.07) is 18.6. The smallest absolute Gasteiger partial charge is 0.252 e. The number of nitrogens with one attached hydrogen (secondary N) is 1. The van der Waals surface area contributed by atoms with E-state index in [1.165, 1.54) is 24.0 Å². The lowest BCUT2D eigenvalue weighted by atomic mass is 9.87. The molecule has 2 aromatic carbocycles. The van der Waals surface area contributed by atoms with Gasteiger partial charge in [0.1, 0.15) is 5.82 Å². The molecule has 1 saturated heterocycles. The number of benzene rings is 2. The third kappa shape index (κ3) is 3.67. The Labute approximate surface area is 178 Å². The fourth-order valence-electron chi connectivity index (χ4n) is 5.05. The van der Waals surface area contributed by atoms with Gasteiger partial charge in [-0.1, -0.05) is 49.4 Å². The molecule has 1 amide bonds. The number of para-hydroxylation sites is 1. The maximum atomic E-state index is 13.5. The van der Waals surface area contributed by atoms with Crippen molar-refractivity contribution in [2.75, 3.05) is 18.0 Å². The predicted octanol–water partition coefficient (Wildman–Crippen LogP) is 5.28. The van der Waals surface area contributed by atoms with Crippen LogP contribution in [-0.4, -0.2) is 24.0 Å². The monoisotopic (exact) mass is 399 g/mol. The molecule has 1 aliphatic heterocycles. The van der Waals surface area contributed by atoms with E-state index in [4.69, 9.17) is 4.98 Å². The first-order valence-corrected chi connectivity index (χ1v) is 11.2. The van der Waals surface area contributed by atoms with Gasteiger partial charge in [0.2, 0.25) is 0 Å². The van der Waals surface area contributed by atoms with Gasteiger partial charge in [0, 0.05) is 18.5 Å². The van der Waals surface area contributed by atoms with E-state index in [9.17, 15) is 4.79 Å². The quantitative estimate of drug-likeness (QED) is 0.652. The summed E-state index contributed by atoms with van der Waals surface area (Å²) in [6.07, 6.45) is 5.63. The number of rotatable bonds is 3. The topological polar surface area (TPSA) is 45.2 Å². The van der Waals surface area contributed by atoms with Gasteiger partial charge < -0.3 is 10.2 Å². The molecule has 0 unspecified atom stereocenters. The molecule has 1 aliphatic carbocycles. The summed E-state index contributed by atoms with van der Waals surface area (Å²) < 4.78 is 0. The van der Waals surface area contributed by atoms with Crippen LogP contribution in [0.4, 0.5) is 5.82 Å². The van der Waals surface area contributed by atoms with E-state index in [-0.39, 0.29) is 11.9 Å². The molecule has 0 bridgehead atoms. The molecule has 154 valence electrons. The van der Waals surface area contributed by atoms with Crippen molar-refractivity contribution in [1.29, 1.82) is 0 Å². The number of aryl methyl sites for hydroxylation is 1. The Morgan fingerprint density at radius 3 is 2.80 bits per heavy atom. The van der Waals surface area contributed by atoms with Crippen molar-refractivity contribution >= 4 is 22.6 Å². The van der Waals surface area contributed by atoms with Crippen molar-refractivity contribution in [3.63, 3.8) is 0 Å². The van der Waals surface area contributed by atoms with Gasteiger partial charge in [-0.05, 0) is 61.3 Å². The zero-order chi connectivity index (χ0) is 20.5. The second-order valence-corrected chi connectivity index (χ2v) is 8.86. The fourth-order valence-corrected chi connectivity index (χ4v) is 5.05. The Morgan fingerprint density at radius 1 is 1.07 bits per heavy atom. The van der Waals surface area contributed by atoms with E-state index in [0.717, 1.165) is 54.6 Å². The lowest BCUT2D eigenvalue weighted by molar-refractivity contribution is 0.0934. The molecule has 2 atom stereocenters. The standard InChI is InChI=1S/C26H29N3O/c1-18-8-7-15-29(17-18)25-16-22(21-12-4-5-13-24(21)27-25)26(30)28-23-14-6-10-19-9-2-3-11-20(19)23/h2-5,9,11-13,16,18,23H,6-8,10,14-15,17H2,1H3,(H,28,30)/t18-,23+/m0/s1. The summed E-state index contributed by atoms with van der Waals surface area (Å²) in [6.45, 7) is 4.30. The maximum absolute atomic E-state index is 13.5. The van der Waals surface area contributed by atoms with Crippen molar-refractivity contribution in [1.82, 2.24) is 10.3 Å². The molecule has 2 heterocycles. The van der Waals surface area contributed by atoms with Crippen LogP contribution in [0.1, 0.15) is 60.1 Å². The minimum atomic E-state index is 0.00149. The van der Waals surface area contributed by atoms with E-state index in [1.54, 1.807) is 0 Å². The Hall–Kier alpha value is -2.88. The molecule has 0 spiro atoms. The molecular formula is C26H29N3O. The van der Waals surface area contributed by atoms with Crippen LogP contribution in [0.15, 0.2) is 54.6 Å². The second-order valence-electron chi connectivity index (χ2n) is 8.86. The van der Waals surface area contributed by atoms with Gasteiger partial charge in [-0.15, -0.1) is 0 Å². The summed E-state index contributed by atoms with van der Waals surface area (Å²) in [4.78, 5) is 20.7. The maximum Gasteiger partial charge on any atom is 0.252 e. The number of aromatic nitrogens is 1. The SMILES string of the molecule is C[C@H]1CCCN(c2cc(C(=O)N[C@@H]3CCCc4ccccc43)c3ccccc3n2)C1. The van der Waals surface area contributed by atoms with Crippen molar-refractivity contribution < 1.29 is 4.79 Å². The largest absolute Gasteiger partial charge is 0.356 e. The molecule has 3 aromatic rings. The summed E-state index contributed by atoms with van der Waals surface area (Å²) in [5.74, 6) is 1.58. The zero-order valence-corrected chi connectivity index (χ0v) is 17.6. The van der Waals surface area contributed by atoms with Crippen LogP contribution in [-0.2, 0) is 6.42 Å². The molecule has 0 radical (unpaired) electrons. The number of amides is 1. The highest BCUT2D eigenvalue weighted by atomic mass is 16.1. The molecular weight excluding hydrogens is 370 g/mol. The van der Waals surface area contributed by atoms with Crippen molar-refractivity contribution in [2.24, 2.45) is 5.92 Å². The van der Waals surface area contributed by atoms with E-state index in [2.05, 4.69) is 41.4 Å². The zero-order valence-electron chi connectivity index (χ0n) is 17.6. The average molecular weight is 400 g/mol. The first-order valence-electron chi connectivity index (χ1n) is 11.2. The number of carbonyl (C=O) groups excluding carboxylic acids is 1. The predicted molar refractivity (Wildman–Crippen MR) is 122 cm³/mol. The highest BCUT2D eigenvalue weighted by Crippen LogP contribution is 2.31. The van der Waals surface area contributed by atoms with Crippen LogP contribution in [0.25, 0.3) is 10.9 Å². The number of fused-ring (bicyclic) bond motifs is 2. The fraction of sp³-hybridized carbons (Fsp3) is 0.385. The Bertz CT molecular complexity index is 1080. The number of hydrogen-bond donors (Lipinski definition) is 1. The van der Waals surface area contributed by atoms with E-state index in [1.807, 2.05) is 30.3 Å². The van der Waals surface area contributed by atoms with Gasteiger partial charge >= 0.3 is 0 Å². The number of nitrogens with zero attached hydrogens (tertiary/aromatic N) is 2. The summed E-state index contributed by atoms with van der Waals surface area (Å²) >= 11 is 0. The minimum Gasteiger partial charge on any atom is -0.356 e. The number of piperidine rings is 1. The van der Waals surface area contributed by atoms with Crippen LogP contribution in [0.5, 0.6) is 0 Å². The van der Waals surface area contributed by atoms with Gasteiger partial charge in [-0.25, -0.2) is 4.98 Å². The lowest BCUT2D eigenvalue weighted by Crippen LogP contribution is -2.35. The van der Waals surface area contributed by atoms with Crippen molar-refractivity contribution in [2.45, 2.75) is 45.1 Å². The van der Waals surface area contributed by atoms with E-state index >= 15 is 0 Å². The first-order chi connectivity index (χ1) is 14.7. The highest BCUT2D eigenvalue weighted by Gasteiger charge is 2.24.